The van der Waals surface area contributed by atoms with Crippen LogP contribution in [0.3, 0.4) is 0 Å². The third-order valence-electron chi connectivity index (χ3n) is 2.66. The van der Waals surface area contributed by atoms with E-state index in [1.54, 1.807) is 55.2 Å². The van der Waals surface area contributed by atoms with Crippen molar-refractivity contribution in [3.05, 3.63) is 42.2 Å². The molecule has 19 heavy (non-hydrogen) atoms. The standard InChI is InChI=1S/C13H16N4O2/c1-13(2,9-18)15-12(19)10-3-5-11(6-4-10)17-8-7-14-16-17/h3-8,18H,9H2,1-2H3,(H,15,19). The van der Waals surface area contributed by atoms with Gasteiger partial charge in [0, 0.05) is 5.56 Å². The first-order valence-corrected chi connectivity index (χ1v) is 5.92. The maximum Gasteiger partial charge on any atom is 0.251 e. The van der Waals surface area contributed by atoms with Gasteiger partial charge in [-0.1, -0.05) is 5.21 Å². The van der Waals surface area contributed by atoms with Gasteiger partial charge in [-0.3, -0.25) is 4.79 Å². The molecule has 2 aromatic rings. The number of rotatable bonds is 4. The third kappa shape index (κ3) is 3.17. The Hall–Kier alpha value is -2.21. The van der Waals surface area contributed by atoms with E-state index in [1.165, 1.54) is 0 Å². The van der Waals surface area contributed by atoms with Gasteiger partial charge in [-0.05, 0) is 38.1 Å². The van der Waals surface area contributed by atoms with Crippen LogP contribution in [0.2, 0.25) is 0 Å². The smallest absolute Gasteiger partial charge is 0.251 e. The number of carbonyl (C=O) groups is 1. The van der Waals surface area contributed by atoms with Gasteiger partial charge in [-0.25, -0.2) is 4.68 Å². The van der Waals surface area contributed by atoms with Crippen molar-refractivity contribution in [2.45, 2.75) is 19.4 Å². The van der Waals surface area contributed by atoms with Crippen LogP contribution in [-0.2, 0) is 0 Å². The number of benzene rings is 1. The molecule has 0 atom stereocenters. The summed E-state index contributed by atoms with van der Waals surface area (Å²) in [6, 6.07) is 6.99. The first-order valence-electron chi connectivity index (χ1n) is 5.92. The number of hydrogen-bond donors (Lipinski definition) is 2. The first-order chi connectivity index (χ1) is 9.02. The summed E-state index contributed by atoms with van der Waals surface area (Å²) >= 11 is 0. The average Bonchev–Trinajstić information content (AvgIpc) is 2.92. The van der Waals surface area contributed by atoms with Gasteiger partial charge in [0.15, 0.2) is 0 Å². The van der Waals surface area contributed by atoms with Crippen molar-refractivity contribution in [3.8, 4) is 5.69 Å². The van der Waals surface area contributed by atoms with Gasteiger partial charge in [0.1, 0.15) is 0 Å². The third-order valence-corrected chi connectivity index (χ3v) is 2.66. The van der Waals surface area contributed by atoms with Gasteiger partial charge in [0.25, 0.3) is 5.91 Å². The van der Waals surface area contributed by atoms with Gasteiger partial charge in [0.2, 0.25) is 0 Å². The number of carbonyl (C=O) groups excluding carboxylic acids is 1. The number of nitrogens with one attached hydrogen (secondary N) is 1. The van der Waals surface area contributed by atoms with Crippen molar-refractivity contribution in [2.24, 2.45) is 0 Å². The zero-order valence-electron chi connectivity index (χ0n) is 10.9. The number of aliphatic hydroxyl groups excluding tert-OH is 1. The highest BCUT2D eigenvalue weighted by Crippen LogP contribution is 2.09. The average molecular weight is 260 g/mol. The van der Waals surface area contributed by atoms with E-state index in [0.29, 0.717) is 5.56 Å². The predicted molar refractivity (Wildman–Crippen MR) is 70.0 cm³/mol. The van der Waals surface area contributed by atoms with Crippen LogP contribution < -0.4 is 5.32 Å². The van der Waals surface area contributed by atoms with Crippen molar-refractivity contribution < 1.29 is 9.90 Å². The van der Waals surface area contributed by atoms with Gasteiger partial charge in [-0.15, -0.1) is 5.10 Å². The van der Waals surface area contributed by atoms with Gasteiger partial charge >= 0.3 is 0 Å². The Kier molecular flexibility index (Phi) is 3.62. The van der Waals surface area contributed by atoms with Crippen molar-refractivity contribution in [1.29, 1.82) is 0 Å². The van der Waals surface area contributed by atoms with Crippen LogP contribution >= 0.6 is 0 Å². The van der Waals surface area contributed by atoms with Gasteiger partial charge < -0.3 is 10.4 Å². The van der Waals surface area contributed by atoms with Crippen LogP contribution in [-0.4, -0.2) is 38.2 Å². The van der Waals surface area contributed by atoms with E-state index in [9.17, 15) is 4.79 Å². The molecule has 1 aromatic heterocycles. The molecule has 0 spiro atoms. The van der Waals surface area contributed by atoms with Crippen molar-refractivity contribution in [3.63, 3.8) is 0 Å². The fourth-order valence-electron chi connectivity index (χ4n) is 1.53. The minimum Gasteiger partial charge on any atom is -0.394 e. The van der Waals surface area contributed by atoms with E-state index in [0.717, 1.165) is 5.69 Å². The van der Waals surface area contributed by atoms with Gasteiger partial charge in [0.05, 0.1) is 30.2 Å². The Morgan fingerprint density at radius 1 is 1.37 bits per heavy atom. The number of amides is 1. The normalized spacial score (nSPS) is 11.3. The molecule has 0 unspecified atom stereocenters. The molecule has 1 heterocycles. The van der Waals surface area contributed by atoms with Crippen LogP contribution in [0.5, 0.6) is 0 Å². The lowest BCUT2D eigenvalue weighted by atomic mass is 10.1. The molecule has 0 aliphatic heterocycles. The van der Waals surface area contributed by atoms with Crippen molar-refractivity contribution in [2.75, 3.05) is 6.61 Å². The van der Waals surface area contributed by atoms with Crippen LogP contribution in [0.15, 0.2) is 36.7 Å². The molecule has 6 heteroatoms. The Labute approximate surface area is 111 Å². The van der Waals surface area contributed by atoms with E-state index in [4.69, 9.17) is 5.11 Å². The number of hydrogen-bond acceptors (Lipinski definition) is 4. The molecule has 2 N–H and O–H groups in total. The van der Waals surface area contributed by atoms with Gasteiger partial charge in [-0.2, -0.15) is 0 Å². The maximum absolute atomic E-state index is 12.0. The Bertz CT molecular complexity index is 547. The monoisotopic (exact) mass is 260 g/mol. The molecule has 1 amide bonds. The van der Waals surface area contributed by atoms with E-state index < -0.39 is 5.54 Å². The van der Waals surface area contributed by atoms with E-state index in [-0.39, 0.29) is 12.5 Å². The molecule has 0 fully saturated rings. The molecule has 6 nitrogen and oxygen atoms in total. The van der Waals surface area contributed by atoms with Crippen molar-refractivity contribution in [1.82, 2.24) is 20.3 Å². The highest BCUT2D eigenvalue weighted by molar-refractivity contribution is 5.94. The summed E-state index contributed by atoms with van der Waals surface area (Å²) in [7, 11) is 0. The molecule has 0 radical (unpaired) electrons. The summed E-state index contributed by atoms with van der Waals surface area (Å²) in [6.45, 7) is 3.40. The topological polar surface area (TPSA) is 80.0 Å². The predicted octanol–water partition coefficient (Wildman–Crippen LogP) is 0.768. The number of aliphatic hydroxyl groups is 1. The number of nitrogens with zero attached hydrogens (tertiary/aromatic N) is 3. The summed E-state index contributed by atoms with van der Waals surface area (Å²) in [5.74, 6) is -0.218. The largest absolute Gasteiger partial charge is 0.394 e. The highest BCUT2D eigenvalue weighted by Gasteiger charge is 2.19. The summed E-state index contributed by atoms with van der Waals surface area (Å²) in [6.07, 6.45) is 3.31. The molecule has 0 saturated heterocycles. The minimum absolute atomic E-state index is 0.115. The van der Waals surface area contributed by atoms with Crippen LogP contribution in [0.1, 0.15) is 24.2 Å². The summed E-state index contributed by atoms with van der Waals surface area (Å²) < 4.78 is 1.61. The maximum atomic E-state index is 12.0. The fraction of sp³-hybridized carbons (Fsp3) is 0.308. The molecule has 0 aliphatic rings. The molecule has 0 aliphatic carbocycles. The van der Waals surface area contributed by atoms with Crippen LogP contribution in [0.25, 0.3) is 5.69 Å². The summed E-state index contributed by atoms with van der Waals surface area (Å²) in [4.78, 5) is 12.0. The molecule has 100 valence electrons. The van der Waals surface area contributed by atoms with Crippen molar-refractivity contribution >= 4 is 5.91 Å². The van der Waals surface area contributed by atoms with Crippen LogP contribution in [0, 0.1) is 0 Å². The zero-order chi connectivity index (χ0) is 13.9. The molecular weight excluding hydrogens is 244 g/mol. The summed E-state index contributed by atoms with van der Waals surface area (Å²) in [5, 5.41) is 19.5. The lowest BCUT2D eigenvalue weighted by Gasteiger charge is -2.23. The second-order valence-electron chi connectivity index (χ2n) is 4.89. The quantitative estimate of drug-likeness (QED) is 0.851. The van der Waals surface area contributed by atoms with E-state index in [1.807, 2.05) is 0 Å². The Balaban J connectivity index is 2.13. The van der Waals surface area contributed by atoms with Crippen LogP contribution in [0.4, 0.5) is 0 Å². The summed E-state index contributed by atoms with van der Waals surface area (Å²) in [5.41, 5.74) is 0.725. The molecular formula is C13H16N4O2. The Morgan fingerprint density at radius 3 is 2.58 bits per heavy atom. The molecule has 2 rings (SSSR count). The molecule has 1 aromatic carbocycles. The Morgan fingerprint density at radius 2 is 2.05 bits per heavy atom. The lowest BCUT2D eigenvalue weighted by molar-refractivity contribution is 0.0869. The van der Waals surface area contributed by atoms with E-state index in [2.05, 4.69) is 15.6 Å². The first kappa shape index (κ1) is 13.2. The second kappa shape index (κ2) is 5.19. The highest BCUT2D eigenvalue weighted by atomic mass is 16.3. The molecule has 0 saturated carbocycles. The second-order valence-corrected chi connectivity index (χ2v) is 4.89. The fourth-order valence-corrected chi connectivity index (χ4v) is 1.53. The lowest BCUT2D eigenvalue weighted by Crippen LogP contribution is -2.46. The SMILES string of the molecule is CC(C)(CO)NC(=O)c1ccc(-n2ccnn2)cc1. The van der Waals surface area contributed by atoms with E-state index >= 15 is 0 Å². The molecule has 0 bridgehead atoms. The minimum atomic E-state index is -0.637. The number of aromatic nitrogens is 3. The zero-order valence-corrected chi connectivity index (χ0v) is 10.9.